The second-order valence-electron chi connectivity index (χ2n) is 7.85. The summed E-state index contributed by atoms with van der Waals surface area (Å²) in [6.07, 6.45) is 1.54. The molecule has 3 aromatic rings. The molecule has 0 saturated heterocycles. The molecule has 1 unspecified atom stereocenters. The van der Waals surface area contributed by atoms with Gasteiger partial charge in [0.15, 0.2) is 5.16 Å². The molecule has 2 heterocycles. The third-order valence-electron chi connectivity index (χ3n) is 4.69. The van der Waals surface area contributed by atoms with Crippen LogP contribution in [0, 0.1) is 12.8 Å². The summed E-state index contributed by atoms with van der Waals surface area (Å²) in [5, 5.41) is 22.0. The molecule has 0 saturated carbocycles. The molecule has 0 aliphatic carbocycles. The first-order valence-electron chi connectivity index (χ1n) is 10.8. The summed E-state index contributed by atoms with van der Waals surface area (Å²) < 4.78 is 2.09. The summed E-state index contributed by atoms with van der Waals surface area (Å²) in [6, 6.07) is 8.48. The van der Waals surface area contributed by atoms with Crippen molar-refractivity contribution < 1.29 is 4.79 Å². The third kappa shape index (κ3) is 6.79. The van der Waals surface area contributed by atoms with Gasteiger partial charge >= 0.3 is 0 Å². The zero-order chi connectivity index (χ0) is 23.1. The topological polar surface area (TPSA) is 85.6 Å². The molecule has 1 amide bonds. The van der Waals surface area contributed by atoms with Crippen molar-refractivity contribution in [1.82, 2.24) is 25.0 Å². The lowest BCUT2D eigenvalue weighted by atomic mass is 10.1. The highest BCUT2D eigenvalue weighted by atomic mass is 32.2. The van der Waals surface area contributed by atoms with Crippen molar-refractivity contribution in [3.8, 4) is 0 Å². The summed E-state index contributed by atoms with van der Waals surface area (Å²) >= 11 is 4.63. The summed E-state index contributed by atoms with van der Waals surface area (Å²) in [7, 11) is 0. The Hall–Kier alpha value is -1.91. The van der Waals surface area contributed by atoms with E-state index in [1.807, 2.05) is 6.92 Å². The van der Waals surface area contributed by atoms with E-state index in [0.717, 1.165) is 34.7 Å². The van der Waals surface area contributed by atoms with Crippen molar-refractivity contribution in [2.45, 2.75) is 75.1 Å². The monoisotopic (exact) mass is 490 g/mol. The van der Waals surface area contributed by atoms with E-state index in [1.165, 1.54) is 33.6 Å². The molecule has 172 valence electrons. The van der Waals surface area contributed by atoms with Gasteiger partial charge in [-0.15, -0.1) is 32.2 Å². The number of rotatable bonds is 11. The van der Waals surface area contributed by atoms with Crippen molar-refractivity contribution in [3.05, 3.63) is 40.7 Å². The molecule has 7 nitrogen and oxygen atoms in total. The SMILES string of the molecule is CCC(Sc1nnc(CSc2ccc(C)cc2)n1CC)C(=O)Nc1nnc(CC(C)C)s1. The fourth-order valence-corrected chi connectivity index (χ4v) is 5.81. The van der Waals surface area contributed by atoms with Crippen LogP contribution in [0.2, 0.25) is 0 Å². The molecule has 0 fully saturated rings. The number of thioether (sulfide) groups is 2. The lowest BCUT2D eigenvalue weighted by molar-refractivity contribution is -0.115. The van der Waals surface area contributed by atoms with Crippen LogP contribution in [0.25, 0.3) is 0 Å². The quantitative estimate of drug-likeness (QED) is 0.357. The smallest absolute Gasteiger partial charge is 0.239 e. The minimum Gasteiger partial charge on any atom is -0.306 e. The standard InChI is InChI=1S/C22H30N6OS3/c1-6-17(20(29)23-21-26-25-19(32-21)12-14(3)4)31-22-27-24-18(28(22)7-2)13-30-16-10-8-15(5)9-11-16/h8-11,14,17H,6-7,12-13H2,1-5H3,(H,23,26,29). The average Bonchev–Trinajstić information content (AvgIpc) is 3.36. The molecule has 0 aliphatic rings. The maximum atomic E-state index is 12.9. The van der Waals surface area contributed by atoms with E-state index in [2.05, 4.69) is 82.2 Å². The van der Waals surface area contributed by atoms with E-state index in [0.29, 0.717) is 17.5 Å². The van der Waals surface area contributed by atoms with Crippen LogP contribution in [-0.4, -0.2) is 36.1 Å². The number of hydrogen-bond donors (Lipinski definition) is 1. The molecule has 3 rings (SSSR count). The maximum absolute atomic E-state index is 12.9. The Kier molecular flexibility index (Phi) is 9.12. The summed E-state index contributed by atoms with van der Waals surface area (Å²) in [4.78, 5) is 14.1. The lowest BCUT2D eigenvalue weighted by Crippen LogP contribution is -2.25. The van der Waals surface area contributed by atoms with Crippen molar-refractivity contribution >= 4 is 45.9 Å². The Morgan fingerprint density at radius 2 is 1.88 bits per heavy atom. The summed E-state index contributed by atoms with van der Waals surface area (Å²) in [5.74, 6) is 2.07. The van der Waals surface area contributed by atoms with Crippen molar-refractivity contribution in [1.29, 1.82) is 0 Å². The van der Waals surface area contributed by atoms with E-state index in [1.54, 1.807) is 11.8 Å². The minimum absolute atomic E-state index is 0.0778. The van der Waals surface area contributed by atoms with E-state index in [4.69, 9.17) is 0 Å². The van der Waals surface area contributed by atoms with Gasteiger partial charge in [-0.25, -0.2) is 0 Å². The Labute approximate surface area is 202 Å². The largest absolute Gasteiger partial charge is 0.306 e. The second kappa shape index (κ2) is 11.8. The van der Waals surface area contributed by atoms with Crippen LogP contribution in [-0.2, 0) is 23.5 Å². The van der Waals surface area contributed by atoms with Gasteiger partial charge in [-0.3, -0.25) is 10.1 Å². The highest BCUT2D eigenvalue weighted by molar-refractivity contribution is 8.00. The molecule has 1 N–H and O–H groups in total. The number of nitrogens with one attached hydrogen (secondary N) is 1. The molecule has 0 bridgehead atoms. The van der Waals surface area contributed by atoms with Gasteiger partial charge in [0.05, 0.1) is 11.0 Å². The number of carbonyl (C=O) groups is 1. The first-order valence-corrected chi connectivity index (χ1v) is 13.5. The number of nitrogens with zero attached hydrogens (tertiary/aromatic N) is 5. The van der Waals surface area contributed by atoms with Gasteiger partial charge in [-0.05, 0) is 38.3 Å². The molecule has 32 heavy (non-hydrogen) atoms. The summed E-state index contributed by atoms with van der Waals surface area (Å²) in [5.41, 5.74) is 1.25. The fourth-order valence-electron chi connectivity index (χ4n) is 2.98. The van der Waals surface area contributed by atoms with Crippen LogP contribution >= 0.6 is 34.9 Å². The molecule has 1 atom stereocenters. The van der Waals surface area contributed by atoms with Crippen LogP contribution in [0.3, 0.4) is 0 Å². The number of aromatic nitrogens is 5. The van der Waals surface area contributed by atoms with Gasteiger partial charge in [0.25, 0.3) is 0 Å². The number of amides is 1. The molecule has 1 aromatic carbocycles. The lowest BCUT2D eigenvalue weighted by Gasteiger charge is -2.14. The highest BCUT2D eigenvalue weighted by Gasteiger charge is 2.23. The third-order valence-corrected chi connectivity index (χ3v) is 7.90. The zero-order valence-electron chi connectivity index (χ0n) is 19.2. The van der Waals surface area contributed by atoms with Crippen LogP contribution in [0.5, 0.6) is 0 Å². The number of aryl methyl sites for hydroxylation is 1. The number of hydrogen-bond acceptors (Lipinski definition) is 8. The van der Waals surface area contributed by atoms with E-state index in [9.17, 15) is 4.79 Å². The molecule has 10 heteroatoms. The van der Waals surface area contributed by atoms with Gasteiger partial charge < -0.3 is 4.57 Å². The minimum atomic E-state index is -0.278. The summed E-state index contributed by atoms with van der Waals surface area (Å²) in [6.45, 7) is 11.2. The highest BCUT2D eigenvalue weighted by Crippen LogP contribution is 2.29. The van der Waals surface area contributed by atoms with Crippen LogP contribution in [0.4, 0.5) is 5.13 Å². The normalized spacial score (nSPS) is 12.3. The van der Waals surface area contributed by atoms with Crippen LogP contribution in [0.1, 0.15) is 50.5 Å². The van der Waals surface area contributed by atoms with E-state index in [-0.39, 0.29) is 11.2 Å². The van der Waals surface area contributed by atoms with Gasteiger partial charge in [0.2, 0.25) is 11.0 Å². The predicted molar refractivity (Wildman–Crippen MR) is 133 cm³/mol. The first-order chi connectivity index (χ1) is 15.4. The predicted octanol–water partition coefficient (Wildman–Crippen LogP) is 5.46. The number of carbonyl (C=O) groups excluding carboxylic acids is 1. The molecule has 2 aromatic heterocycles. The Morgan fingerprint density at radius 1 is 1.12 bits per heavy atom. The van der Waals surface area contributed by atoms with Crippen molar-refractivity contribution in [2.24, 2.45) is 5.92 Å². The van der Waals surface area contributed by atoms with Crippen LogP contribution < -0.4 is 5.32 Å². The first kappa shape index (κ1) is 24.7. The van der Waals surface area contributed by atoms with Crippen LogP contribution in [0.15, 0.2) is 34.3 Å². The Bertz CT molecular complexity index is 1020. The van der Waals surface area contributed by atoms with Gasteiger partial charge in [-0.2, -0.15) is 0 Å². The molecule has 0 radical (unpaired) electrons. The van der Waals surface area contributed by atoms with Crippen molar-refractivity contribution in [3.63, 3.8) is 0 Å². The van der Waals surface area contributed by atoms with Gasteiger partial charge in [0.1, 0.15) is 10.8 Å². The zero-order valence-corrected chi connectivity index (χ0v) is 21.6. The van der Waals surface area contributed by atoms with Crippen molar-refractivity contribution in [2.75, 3.05) is 5.32 Å². The van der Waals surface area contributed by atoms with E-state index < -0.39 is 0 Å². The fraction of sp³-hybridized carbons (Fsp3) is 0.500. The number of anilines is 1. The van der Waals surface area contributed by atoms with Gasteiger partial charge in [0, 0.05) is 17.9 Å². The molecular weight excluding hydrogens is 460 g/mol. The van der Waals surface area contributed by atoms with Gasteiger partial charge in [-0.1, -0.05) is 61.6 Å². The van der Waals surface area contributed by atoms with E-state index >= 15 is 0 Å². The molecular formula is C22H30N6OS3. The average molecular weight is 491 g/mol. The number of benzene rings is 1. The maximum Gasteiger partial charge on any atom is 0.239 e. The Morgan fingerprint density at radius 3 is 2.53 bits per heavy atom. The Balaban J connectivity index is 1.63. The second-order valence-corrected chi connectivity index (χ2v) is 11.1. The molecule has 0 spiro atoms. The molecule has 0 aliphatic heterocycles.